The maximum absolute atomic E-state index is 14.4. The van der Waals surface area contributed by atoms with Crippen LogP contribution in [0, 0.1) is 12.7 Å². The zero-order valence-electron chi connectivity index (χ0n) is 18.1. The Balaban J connectivity index is 1.40. The first-order valence-corrected chi connectivity index (χ1v) is 10.8. The van der Waals surface area contributed by atoms with E-state index < -0.39 is 17.6 Å². The Kier molecular flexibility index (Phi) is 5.41. The first-order valence-electron chi connectivity index (χ1n) is 10.8. The maximum atomic E-state index is 14.4. The number of hydrogen-bond donors (Lipinski definition) is 1. The second kappa shape index (κ2) is 8.30. The summed E-state index contributed by atoms with van der Waals surface area (Å²) in [6.07, 6.45) is 1.08. The van der Waals surface area contributed by atoms with Crippen LogP contribution in [0.15, 0.2) is 42.9 Å². The number of carbonyl (C=O) groups is 1. The molecule has 0 radical (unpaired) electrons. The van der Waals surface area contributed by atoms with Crippen LogP contribution in [0.3, 0.4) is 0 Å². The van der Waals surface area contributed by atoms with Crippen LogP contribution >= 0.6 is 0 Å². The van der Waals surface area contributed by atoms with Crippen molar-refractivity contribution in [2.75, 3.05) is 5.32 Å². The molecule has 2 aliphatic heterocycles. The third-order valence-electron chi connectivity index (χ3n) is 6.31. The number of nitrogens with zero attached hydrogens (tertiary/aromatic N) is 5. The van der Waals surface area contributed by atoms with Gasteiger partial charge in [-0.2, -0.15) is 13.2 Å². The topological polar surface area (TPSA) is 83.9 Å². The van der Waals surface area contributed by atoms with Crippen LogP contribution in [-0.4, -0.2) is 48.9 Å². The molecule has 7 nitrogen and oxygen atoms in total. The van der Waals surface area contributed by atoms with Gasteiger partial charge in [0.15, 0.2) is 17.5 Å². The molecule has 5 heterocycles. The van der Waals surface area contributed by atoms with Crippen molar-refractivity contribution in [1.29, 1.82) is 0 Å². The van der Waals surface area contributed by atoms with Crippen LogP contribution < -0.4 is 5.32 Å². The molecule has 3 aromatic rings. The normalized spacial score (nSPS) is 21.7. The van der Waals surface area contributed by atoms with E-state index in [4.69, 9.17) is 0 Å². The van der Waals surface area contributed by atoms with E-state index in [1.54, 1.807) is 42.4 Å². The second-order valence-electron chi connectivity index (χ2n) is 8.47. The molecule has 11 heteroatoms. The van der Waals surface area contributed by atoms with Crippen LogP contribution in [0.5, 0.6) is 0 Å². The van der Waals surface area contributed by atoms with Crippen LogP contribution in [-0.2, 0) is 6.18 Å². The summed E-state index contributed by atoms with van der Waals surface area (Å²) in [6.45, 7) is 1.79. The lowest BCUT2D eigenvalue weighted by molar-refractivity contribution is -0.138. The van der Waals surface area contributed by atoms with Gasteiger partial charge in [0, 0.05) is 30.3 Å². The van der Waals surface area contributed by atoms with Gasteiger partial charge < -0.3 is 10.2 Å². The summed E-state index contributed by atoms with van der Waals surface area (Å²) in [7, 11) is 0. The van der Waals surface area contributed by atoms with Crippen molar-refractivity contribution >= 4 is 11.7 Å². The fourth-order valence-electron chi connectivity index (χ4n) is 4.80. The van der Waals surface area contributed by atoms with Gasteiger partial charge in [-0.05, 0) is 50.5 Å². The van der Waals surface area contributed by atoms with Crippen molar-refractivity contribution in [3.8, 4) is 11.4 Å². The zero-order valence-corrected chi connectivity index (χ0v) is 18.1. The highest BCUT2D eigenvalue weighted by molar-refractivity contribution is 5.99. The molecule has 3 atom stereocenters. The quantitative estimate of drug-likeness (QED) is 0.572. The third-order valence-corrected chi connectivity index (χ3v) is 6.31. The average molecular weight is 472 g/mol. The first kappa shape index (κ1) is 22.2. The number of aromatic nitrogens is 4. The molecule has 0 aliphatic carbocycles. The van der Waals surface area contributed by atoms with E-state index in [-0.39, 0.29) is 35.5 Å². The average Bonchev–Trinajstić information content (AvgIpc) is 3.37. The predicted octanol–water partition coefficient (Wildman–Crippen LogP) is 4.26. The third kappa shape index (κ3) is 3.95. The number of halogens is 4. The molecule has 5 rings (SSSR count). The van der Waals surface area contributed by atoms with Gasteiger partial charge in [0.05, 0.1) is 23.2 Å². The maximum Gasteiger partial charge on any atom is 0.417 e. The van der Waals surface area contributed by atoms with E-state index in [0.717, 1.165) is 6.42 Å². The summed E-state index contributed by atoms with van der Waals surface area (Å²) in [5, 5.41) is 2.92. The van der Waals surface area contributed by atoms with Crippen LogP contribution in [0.1, 0.15) is 41.0 Å². The Morgan fingerprint density at radius 1 is 1.15 bits per heavy atom. The monoisotopic (exact) mass is 472 g/mol. The molecular weight excluding hydrogens is 452 g/mol. The Hall–Kier alpha value is -3.63. The highest BCUT2D eigenvalue weighted by atomic mass is 19.4. The molecule has 1 N–H and O–H groups in total. The van der Waals surface area contributed by atoms with E-state index >= 15 is 0 Å². The predicted molar refractivity (Wildman–Crippen MR) is 114 cm³/mol. The lowest BCUT2D eigenvalue weighted by Gasteiger charge is -2.26. The zero-order chi connectivity index (χ0) is 24.0. The largest absolute Gasteiger partial charge is 0.417 e. The Morgan fingerprint density at radius 2 is 1.91 bits per heavy atom. The van der Waals surface area contributed by atoms with Crippen molar-refractivity contribution in [2.45, 2.75) is 50.5 Å². The number of rotatable bonds is 4. The van der Waals surface area contributed by atoms with E-state index in [1.807, 2.05) is 0 Å². The number of nitrogens with one attached hydrogen (secondary N) is 1. The summed E-state index contributed by atoms with van der Waals surface area (Å²) in [4.78, 5) is 32.0. The molecule has 3 aromatic heterocycles. The smallest absolute Gasteiger partial charge is 0.363 e. The molecule has 0 saturated carbocycles. The van der Waals surface area contributed by atoms with Gasteiger partial charge in [-0.25, -0.2) is 24.3 Å². The van der Waals surface area contributed by atoms with Crippen LogP contribution in [0.25, 0.3) is 11.4 Å². The Morgan fingerprint density at radius 3 is 2.62 bits per heavy atom. The fraction of sp³-hybridized carbons (Fsp3) is 0.348. The molecule has 0 spiro atoms. The standard InChI is InChI=1S/C23H20F4N6O/c1-12-3-5-15(20-28-7-2-8-29-20)19(31-12)22(34)33-14-4-6-18(33)17(10-14)32-21-16(24)9-13(11-30-21)23(25,26)27/h2-3,5,7-9,11,14,17-18H,4,6,10H2,1H3,(H,30,32)/t14-,17-,18+/m1/s1. The van der Waals surface area contributed by atoms with Gasteiger partial charge in [0.1, 0.15) is 5.69 Å². The highest BCUT2D eigenvalue weighted by Crippen LogP contribution is 2.41. The van der Waals surface area contributed by atoms with Crippen LogP contribution in [0.2, 0.25) is 0 Å². The van der Waals surface area contributed by atoms with Crippen molar-refractivity contribution in [2.24, 2.45) is 0 Å². The minimum Gasteiger partial charge on any atom is -0.363 e. The van der Waals surface area contributed by atoms with Gasteiger partial charge in [0.2, 0.25) is 0 Å². The van der Waals surface area contributed by atoms with E-state index in [1.165, 1.54) is 0 Å². The Bertz CT molecular complexity index is 1240. The molecular formula is C23H20F4N6O. The highest BCUT2D eigenvalue weighted by Gasteiger charge is 2.49. The van der Waals surface area contributed by atoms with Gasteiger partial charge in [0.25, 0.3) is 5.91 Å². The summed E-state index contributed by atoms with van der Waals surface area (Å²) >= 11 is 0. The van der Waals surface area contributed by atoms with Gasteiger partial charge in [-0.1, -0.05) is 0 Å². The number of amides is 1. The van der Waals surface area contributed by atoms with Crippen molar-refractivity contribution in [3.05, 3.63) is 65.6 Å². The summed E-state index contributed by atoms with van der Waals surface area (Å²) in [6, 6.07) is 4.94. The van der Waals surface area contributed by atoms with Crippen molar-refractivity contribution in [3.63, 3.8) is 0 Å². The number of hydrogen-bond acceptors (Lipinski definition) is 6. The lowest BCUT2D eigenvalue weighted by atomic mass is 9.95. The molecule has 0 aromatic carbocycles. The molecule has 2 aliphatic rings. The number of fused-ring (bicyclic) bond motifs is 2. The second-order valence-corrected chi connectivity index (χ2v) is 8.47. The van der Waals surface area contributed by atoms with Crippen molar-refractivity contribution < 1.29 is 22.4 Å². The van der Waals surface area contributed by atoms with Gasteiger partial charge >= 0.3 is 6.18 Å². The number of aryl methyl sites for hydroxylation is 1. The SMILES string of the molecule is Cc1ccc(-c2ncccn2)c(C(=O)N2[C@@H]3CC[C@H]2[C@H](Nc2ncc(C(F)(F)F)cc2F)C3)n1. The summed E-state index contributed by atoms with van der Waals surface area (Å²) < 4.78 is 52.8. The number of anilines is 1. The molecule has 2 saturated heterocycles. The van der Waals surface area contributed by atoms with Crippen molar-refractivity contribution in [1.82, 2.24) is 24.8 Å². The first-order chi connectivity index (χ1) is 16.2. The lowest BCUT2D eigenvalue weighted by Crippen LogP contribution is -2.40. The summed E-state index contributed by atoms with van der Waals surface area (Å²) in [5.74, 6) is -1.23. The number of carbonyl (C=O) groups excluding carboxylic acids is 1. The molecule has 1 amide bonds. The molecule has 0 unspecified atom stereocenters. The van der Waals surface area contributed by atoms with E-state index in [2.05, 4.69) is 25.3 Å². The van der Waals surface area contributed by atoms with Gasteiger partial charge in [-0.3, -0.25) is 4.79 Å². The van der Waals surface area contributed by atoms with Crippen LogP contribution in [0.4, 0.5) is 23.4 Å². The Labute approximate surface area is 192 Å². The molecule has 176 valence electrons. The van der Waals surface area contributed by atoms with Gasteiger partial charge in [-0.15, -0.1) is 0 Å². The number of pyridine rings is 2. The fourth-order valence-corrected chi connectivity index (χ4v) is 4.80. The van der Waals surface area contributed by atoms with E-state index in [9.17, 15) is 22.4 Å². The summed E-state index contributed by atoms with van der Waals surface area (Å²) in [5.41, 5.74) is 0.270. The molecule has 2 fully saturated rings. The number of alkyl halides is 3. The minimum atomic E-state index is -4.68. The minimum absolute atomic E-state index is 0.0978. The molecule has 34 heavy (non-hydrogen) atoms. The van der Waals surface area contributed by atoms with E-state index in [0.29, 0.717) is 42.2 Å². The molecule has 2 bridgehead atoms.